The van der Waals surface area contributed by atoms with Crippen molar-refractivity contribution < 1.29 is 9.47 Å². The Kier molecular flexibility index (Phi) is 7.01. The first-order valence-electron chi connectivity index (χ1n) is 10.2. The number of fused-ring (bicyclic) bond motifs is 1. The molecule has 1 heterocycles. The summed E-state index contributed by atoms with van der Waals surface area (Å²) in [5, 5.41) is 1.18. The third-order valence-corrected chi connectivity index (χ3v) is 6.39. The number of hydrogen-bond donors (Lipinski definition) is 0. The number of nitrogens with zero attached hydrogens (tertiary/aromatic N) is 1. The van der Waals surface area contributed by atoms with Crippen LogP contribution in [0.1, 0.15) is 29.2 Å². The van der Waals surface area contributed by atoms with Crippen LogP contribution < -0.4 is 9.47 Å². The van der Waals surface area contributed by atoms with Crippen molar-refractivity contribution in [3.63, 3.8) is 0 Å². The zero-order valence-corrected chi connectivity index (χ0v) is 19.6. The second kappa shape index (κ2) is 9.90. The number of halogens is 2. The fourth-order valence-electron chi connectivity index (χ4n) is 3.67. The first-order valence-corrected chi connectivity index (χ1v) is 11.4. The third kappa shape index (κ3) is 5.15. The Morgan fingerprint density at radius 3 is 2.55 bits per heavy atom. The van der Waals surface area contributed by atoms with Crippen molar-refractivity contribution in [1.29, 1.82) is 0 Å². The maximum atomic E-state index is 6.27. The highest BCUT2D eigenvalue weighted by Gasteiger charge is 2.20. The van der Waals surface area contributed by atoms with Crippen LogP contribution in [0.4, 0.5) is 0 Å². The van der Waals surface area contributed by atoms with Crippen molar-refractivity contribution in [2.24, 2.45) is 0 Å². The van der Waals surface area contributed by atoms with Crippen LogP contribution in [0.5, 0.6) is 11.5 Å². The monoisotopic (exact) mass is 471 g/mol. The van der Waals surface area contributed by atoms with Gasteiger partial charge in [0.05, 0.1) is 6.61 Å². The van der Waals surface area contributed by atoms with E-state index >= 15 is 0 Å². The van der Waals surface area contributed by atoms with E-state index in [-0.39, 0.29) is 0 Å². The topological polar surface area (TPSA) is 21.7 Å². The summed E-state index contributed by atoms with van der Waals surface area (Å²) in [6.45, 7) is 4.54. The van der Waals surface area contributed by atoms with Gasteiger partial charge in [-0.1, -0.05) is 65.8 Å². The van der Waals surface area contributed by atoms with E-state index in [0.717, 1.165) is 35.6 Å². The van der Waals surface area contributed by atoms with Crippen LogP contribution in [-0.4, -0.2) is 23.0 Å². The molecule has 0 radical (unpaired) electrons. The molecular formula is C25H23Cl2NO2S. The lowest BCUT2D eigenvalue weighted by atomic mass is 9.99. The van der Waals surface area contributed by atoms with Crippen molar-refractivity contribution in [3.8, 4) is 11.5 Å². The Hall–Kier alpha value is -2.27. The first-order chi connectivity index (χ1) is 15.0. The van der Waals surface area contributed by atoms with E-state index in [0.29, 0.717) is 34.8 Å². The van der Waals surface area contributed by atoms with Gasteiger partial charge in [0.1, 0.15) is 11.6 Å². The average Bonchev–Trinajstić information content (AvgIpc) is 2.78. The SMILES string of the molecule is CCOc1cc(C(=S)N2CCc3ccccc3C2)ccc1OCc1ccc(Cl)cc1Cl. The molecule has 0 unspecified atom stereocenters. The molecule has 0 saturated heterocycles. The van der Waals surface area contributed by atoms with Gasteiger partial charge in [-0.3, -0.25) is 0 Å². The van der Waals surface area contributed by atoms with Gasteiger partial charge in [0, 0.05) is 34.3 Å². The van der Waals surface area contributed by atoms with Gasteiger partial charge < -0.3 is 14.4 Å². The molecule has 0 saturated carbocycles. The van der Waals surface area contributed by atoms with E-state index < -0.39 is 0 Å². The highest BCUT2D eigenvalue weighted by molar-refractivity contribution is 7.80. The molecule has 6 heteroatoms. The standard InChI is InChI=1S/C25H23Cl2NO2S/c1-2-29-24-13-18(25(31)28-12-11-17-5-3-4-6-19(17)15-28)8-10-23(24)30-16-20-7-9-21(26)14-22(20)27/h3-10,13-14H,2,11-12,15-16H2,1H3. The van der Waals surface area contributed by atoms with Gasteiger partial charge in [0.15, 0.2) is 11.5 Å². The quantitative estimate of drug-likeness (QED) is 0.372. The van der Waals surface area contributed by atoms with Crippen molar-refractivity contribution in [3.05, 3.63) is 93.0 Å². The predicted octanol–water partition coefficient (Wildman–Crippen LogP) is 6.70. The molecular weight excluding hydrogens is 449 g/mol. The molecule has 0 bridgehead atoms. The summed E-state index contributed by atoms with van der Waals surface area (Å²) in [4.78, 5) is 3.07. The molecule has 0 spiro atoms. The lowest BCUT2D eigenvalue weighted by Gasteiger charge is -2.31. The van der Waals surface area contributed by atoms with Crippen LogP contribution in [-0.2, 0) is 19.6 Å². The predicted molar refractivity (Wildman–Crippen MR) is 131 cm³/mol. The van der Waals surface area contributed by atoms with E-state index in [2.05, 4.69) is 29.2 Å². The summed E-state index contributed by atoms with van der Waals surface area (Å²) in [6.07, 6.45) is 0.998. The summed E-state index contributed by atoms with van der Waals surface area (Å²) >= 11 is 18.1. The van der Waals surface area contributed by atoms with Crippen molar-refractivity contribution >= 4 is 40.4 Å². The molecule has 31 heavy (non-hydrogen) atoms. The summed E-state index contributed by atoms with van der Waals surface area (Å²) in [5.41, 5.74) is 4.55. The molecule has 0 amide bonds. The Morgan fingerprint density at radius 2 is 1.77 bits per heavy atom. The Bertz CT molecular complexity index is 1100. The van der Waals surface area contributed by atoms with Crippen LogP contribution in [0.3, 0.4) is 0 Å². The van der Waals surface area contributed by atoms with Crippen LogP contribution in [0.2, 0.25) is 10.0 Å². The Morgan fingerprint density at radius 1 is 0.968 bits per heavy atom. The molecule has 3 aromatic rings. The maximum absolute atomic E-state index is 6.27. The molecule has 0 atom stereocenters. The summed E-state index contributed by atoms with van der Waals surface area (Å²) in [6, 6.07) is 19.8. The van der Waals surface area contributed by atoms with Gasteiger partial charge in [0.25, 0.3) is 0 Å². The van der Waals surface area contributed by atoms with Gasteiger partial charge in [-0.05, 0) is 54.8 Å². The molecule has 3 aromatic carbocycles. The van der Waals surface area contributed by atoms with Crippen LogP contribution in [0, 0.1) is 0 Å². The Balaban J connectivity index is 1.51. The molecule has 0 aliphatic carbocycles. The normalized spacial score (nSPS) is 12.9. The van der Waals surface area contributed by atoms with Gasteiger partial charge in [-0.25, -0.2) is 0 Å². The number of ether oxygens (including phenoxy) is 2. The summed E-state index contributed by atoms with van der Waals surface area (Å²) in [7, 11) is 0. The Labute approximate surface area is 198 Å². The van der Waals surface area contributed by atoms with E-state index in [1.807, 2.05) is 31.2 Å². The molecule has 0 fully saturated rings. The first kappa shape index (κ1) is 21.9. The van der Waals surface area contributed by atoms with Gasteiger partial charge in [-0.15, -0.1) is 0 Å². The number of benzene rings is 3. The van der Waals surface area contributed by atoms with Crippen LogP contribution >= 0.6 is 35.4 Å². The van der Waals surface area contributed by atoms with E-state index in [9.17, 15) is 0 Å². The summed E-state index contributed by atoms with van der Waals surface area (Å²) in [5.74, 6) is 1.33. The van der Waals surface area contributed by atoms with Crippen molar-refractivity contribution in [2.75, 3.05) is 13.2 Å². The number of hydrogen-bond acceptors (Lipinski definition) is 3. The minimum Gasteiger partial charge on any atom is -0.490 e. The zero-order valence-electron chi connectivity index (χ0n) is 17.2. The summed E-state index contributed by atoms with van der Waals surface area (Å²) < 4.78 is 11.9. The van der Waals surface area contributed by atoms with E-state index in [1.54, 1.807) is 12.1 Å². The van der Waals surface area contributed by atoms with E-state index in [4.69, 9.17) is 44.9 Å². The minimum absolute atomic E-state index is 0.322. The van der Waals surface area contributed by atoms with Gasteiger partial charge >= 0.3 is 0 Å². The molecule has 160 valence electrons. The molecule has 0 N–H and O–H groups in total. The average molecular weight is 472 g/mol. The van der Waals surface area contributed by atoms with Crippen LogP contribution in [0.15, 0.2) is 60.7 Å². The second-order valence-electron chi connectivity index (χ2n) is 7.36. The minimum atomic E-state index is 0.322. The van der Waals surface area contributed by atoms with Gasteiger partial charge in [0.2, 0.25) is 0 Å². The highest BCUT2D eigenvalue weighted by atomic mass is 35.5. The molecule has 0 aromatic heterocycles. The smallest absolute Gasteiger partial charge is 0.161 e. The fourth-order valence-corrected chi connectivity index (χ4v) is 4.42. The third-order valence-electron chi connectivity index (χ3n) is 5.31. The van der Waals surface area contributed by atoms with Gasteiger partial charge in [-0.2, -0.15) is 0 Å². The molecule has 4 rings (SSSR count). The zero-order chi connectivity index (χ0) is 21.8. The lowest BCUT2D eigenvalue weighted by Crippen LogP contribution is -2.35. The fraction of sp³-hybridized carbons (Fsp3) is 0.240. The number of rotatable bonds is 6. The van der Waals surface area contributed by atoms with Crippen molar-refractivity contribution in [1.82, 2.24) is 4.90 Å². The van der Waals surface area contributed by atoms with Crippen LogP contribution in [0.25, 0.3) is 0 Å². The maximum Gasteiger partial charge on any atom is 0.161 e. The largest absolute Gasteiger partial charge is 0.490 e. The molecule has 1 aliphatic heterocycles. The molecule has 1 aliphatic rings. The van der Waals surface area contributed by atoms with E-state index in [1.165, 1.54) is 11.1 Å². The lowest BCUT2D eigenvalue weighted by molar-refractivity contribution is 0.269. The van der Waals surface area contributed by atoms with Crippen molar-refractivity contribution in [2.45, 2.75) is 26.5 Å². The number of thiocarbonyl (C=S) groups is 1. The highest BCUT2D eigenvalue weighted by Crippen LogP contribution is 2.32. The molecule has 3 nitrogen and oxygen atoms in total. The second-order valence-corrected chi connectivity index (χ2v) is 8.59.